The Kier molecular flexibility index (Phi) is 8.92. The summed E-state index contributed by atoms with van der Waals surface area (Å²) in [6.07, 6.45) is 2.65. The molecule has 8 nitrogen and oxygen atoms in total. The lowest BCUT2D eigenvalue weighted by atomic mass is 10.0. The molecule has 1 atom stereocenters. The zero-order valence-corrected chi connectivity index (χ0v) is 18.6. The van der Waals surface area contributed by atoms with Crippen molar-refractivity contribution in [2.75, 3.05) is 45.9 Å². The summed E-state index contributed by atoms with van der Waals surface area (Å²) in [7, 11) is 0. The molecule has 0 saturated carbocycles. The van der Waals surface area contributed by atoms with E-state index in [0.717, 1.165) is 69.2 Å². The molecule has 2 N–H and O–H groups in total. The van der Waals surface area contributed by atoms with Crippen molar-refractivity contribution in [3.63, 3.8) is 0 Å². The molecule has 164 valence electrons. The molecule has 30 heavy (non-hydrogen) atoms. The summed E-state index contributed by atoms with van der Waals surface area (Å²) in [6.45, 7) is 10.5. The number of aryl methyl sites for hydroxylation is 1. The summed E-state index contributed by atoms with van der Waals surface area (Å²) in [5, 5.41) is 15.6. The van der Waals surface area contributed by atoms with Crippen LogP contribution in [0.25, 0.3) is 0 Å². The average molecular weight is 434 g/mol. The van der Waals surface area contributed by atoms with Crippen LogP contribution < -0.4 is 10.6 Å². The van der Waals surface area contributed by atoms with Crippen LogP contribution in [-0.2, 0) is 17.7 Å². The quantitative estimate of drug-likeness (QED) is 0.466. The number of rotatable bonds is 9. The van der Waals surface area contributed by atoms with E-state index in [1.165, 1.54) is 5.56 Å². The molecule has 9 heteroatoms. The van der Waals surface area contributed by atoms with Gasteiger partial charge in [0.05, 0.1) is 25.8 Å². The molecule has 0 spiro atoms. The van der Waals surface area contributed by atoms with E-state index in [2.05, 4.69) is 56.3 Å². The van der Waals surface area contributed by atoms with Gasteiger partial charge in [-0.3, -0.25) is 9.89 Å². The molecule has 1 fully saturated rings. The minimum atomic E-state index is 0.186. The van der Waals surface area contributed by atoms with Gasteiger partial charge in [-0.1, -0.05) is 30.7 Å². The first-order valence-electron chi connectivity index (χ1n) is 10.7. The molecular formula is C21H32ClN7O. The second-order valence-electron chi connectivity index (χ2n) is 7.16. The van der Waals surface area contributed by atoms with Gasteiger partial charge in [-0.2, -0.15) is 0 Å². The molecule has 0 radical (unpaired) electrons. The Hall–Kier alpha value is -2.16. The highest BCUT2D eigenvalue weighted by Gasteiger charge is 2.22. The van der Waals surface area contributed by atoms with Gasteiger partial charge in [0.2, 0.25) is 0 Å². The fourth-order valence-electron chi connectivity index (χ4n) is 3.56. The number of guanidine groups is 1. The second-order valence-corrected chi connectivity index (χ2v) is 7.59. The number of nitrogens with zero attached hydrogens (tertiary/aromatic N) is 5. The summed E-state index contributed by atoms with van der Waals surface area (Å²) in [6, 6.07) is 8.27. The van der Waals surface area contributed by atoms with Crippen molar-refractivity contribution >= 4 is 17.6 Å². The van der Waals surface area contributed by atoms with Crippen LogP contribution in [-0.4, -0.2) is 71.6 Å². The molecule has 1 aromatic carbocycles. The van der Waals surface area contributed by atoms with Gasteiger partial charge in [0.15, 0.2) is 5.96 Å². The molecule has 0 aliphatic carbocycles. The summed E-state index contributed by atoms with van der Waals surface area (Å²) < 4.78 is 7.61. The largest absolute Gasteiger partial charge is 0.379 e. The van der Waals surface area contributed by atoms with Crippen LogP contribution in [0, 0.1) is 0 Å². The van der Waals surface area contributed by atoms with E-state index in [0.29, 0.717) is 6.54 Å². The lowest BCUT2D eigenvalue weighted by Crippen LogP contribution is -2.42. The van der Waals surface area contributed by atoms with Crippen LogP contribution in [0.3, 0.4) is 0 Å². The van der Waals surface area contributed by atoms with E-state index in [-0.39, 0.29) is 6.04 Å². The van der Waals surface area contributed by atoms with E-state index in [1.54, 1.807) is 6.33 Å². The fourth-order valence-corrected chi connectivity index (χ4v) is 3.69. The number of halogens is 1. The Labute approximate surface area is 183 Å². The van der Waals surface area contributed by atoms with Crippen molar-refractivity contribution in [3.8, 4) is 0 Å². The lowest BCUT2D eigenvalue weighted by molar-refractivity contribution is 0.0179. The zero-order chi connectivity index (χ0) is 21.2. The zero-order valence-electron chi connectivity index (χ0n) is 17.9. The number of benzene rings is 1. The number of hydrogen-bond acceptors (Lipinski definition) is 5. The van der Waals surface area contributed by atoms with Crippen molar-refractivity contribution in [3.05, 3.63) is 47.0 Å². The molecule has 0 amide bonds. The first-order valence-corrected chi connectivity index (χ1v) is 11.0. The predicted octanol–water partition coefficient (Wildman–Crippen LogP) is 2.12. The molecule has 3 rings (SSSR count). The van der Waals surface area contributed by atoms with Crippen molar-refractivity contribution < 1.29 is 4.74 Å². The van der Waals surface area contributed by atoms with Crippen LogP contribution in [0.15, 0.2) is 35.6 Å². The minimum Gasteiger partial charge on any atom is -0.379 e. The van der Waals surface area contributed by atoms with Gasteiger partial charge in [0, 0.05) is 44.2 Å². The molecule has 2 heterocycles. The predicted molar refractivity (Wildman–Crippen MR) is 120 cm³/mol. The third-order valence-corrected chi connectivity index (χ3v) is 5.42. The minimum absolute atomic E-state index is 0.186. The lowest BCUT2D eigenvalue weighted by Gasteiger charge is -2.34. The smallest absolute Gasteiger partial charge is 0.191 e. The van der Waals surface area contributed by atoms with Gasteiger partial charge >= 0.3 is 0 Å². The van der Waals surface area contributed by atoms with Gasteiger partial charge in [0.1, 0.15) is 12.2 Å². The standard InChI is InChI=1S/C21H32ClN7O/c1-3-20-27-26-16-29(20)10-9-24-21(23-4-2)25-15-19(28-11-13-30-14-12-28)17-5-7-18(22)8-6-17/h5-8,16,19H,3-4,9-15H2,1-2H3,(H2,23,24,25). The van der Waals surface area contributed by atoms with Crippen molar-refractivity contribution in [1.82, 2.24) is 30.3 Å². The maximum atomic E-state index is 6.10. The highest BCUT2D eigenvalue weighted by Crippen LogP contribution is 2.24. The Bertz CT molecular complexity index is 787. The van der Waals surface area contributed by atoms with Crippen molar-refractivity contribution in [2.24, 2.45) is 4.99 Å². The molecule has 1 saturated heterocycles. The fraction of sp³-hybridized carbons (Fsp3) is 0.571. The average Bonchev–Trinajstić information content (AvgIpc) is 3.23. The van der Waals surface area contributed by atoms with Crippen LogP contribution in [0.4, 0.5) is 0 Å². The van der Waals surface area contributed by atoms with E-state index < -0.39 is 0 Å². The SMILES string of the molecule is CCNC(=NCC(c1ccc(Cl)cc1)N1CCOCC1)NCCn1cnnc1CC. The maximum Gasteiger partial charge on any atom is 0.191 e. The normalized spacial score (nSPS) is 16.4. The van der Waals surface area contributed by atoms with E-state index in [9.17, 15) is 0 Å². The first-order chi connectivity index (χ1) is 14.7. The van der Waals surface area contributed by atoms with Gasteiger partial charge in [0.25, 0.3) is 0 Å². The molecule has 1 aromatic heterocycles. The van der Waals surface area contributed by atoms with Crippen molar-refractivity contribution in [1.29, 1.82) is 0 Å². The molecule has 2 aromatic rings. The Balaban J connectivity index is 1.66. The third-order valence-electron chi connectivity index (χ3n) is 5.16. The summed E-state index contributed by atoms with van der Waals surface area (Å²) in [5.41, 5.74) is 1.22. The van der Waals surface area contributed by atoms with Crippen LogP contribution in [0.1, 0.15) is 31.3 Å². The first kappa shape index (κ1) is 22.5. The number of ether oxygens (including phenoxy) is 1. The van der Waals surface area contributed by atoms with Gasteiger partial charge in [-0.25, -0.2) is 0 Å². The van der Waals surface area contributed by atoms with E-state index >= 15 is 0 Å². The molecule has 1 aliphatic rings. The van der Waals surface area contributed by atoms with E-state index in [4.69, 9.17) is 21.3 Å². The van der Waals surface area contributed by atoms with Crippen LogP contribution >= 0.6 is 11.6 Å². The summed E-state index contributed by atoms with van der Waals surface area (Å²) in [5.74, 6) is 1.81. The number of hydrogen-bond donors (Lipinski definition) is 2. The summed E-state index contributed by atoms with van der Waals surface area (Å²) in [4.78, 5) is 7.32. The number of aromatic nitrogens is 3. The molecule has 1 unspecified atom stereocenters. The van der Waals surface area contributed by atoms with Crippen LogP contribution in [0.5, 0.6) is 0 Å². The van der Waals surface area contributed by atoms with Gasteiger partial charge in [-0.15, -0.1) is 10.2 Å². The number of morpholine rings is 1. The van der Waals surface area contributed by atoms with Gasteiger partial charge < -0.3 is 19.9 Å². The van der Waals surface area contributed by atoms with E-state index in [1.807, 2.05) is 12.1 Å². The molecule has 1 aliphatic heterocycles. The third kappa shape index (κ3) is 6.42. The summed E-state index contributed by atoms with van der Waals surface area (Å²) >= 11 is 6.10. The monoisotopic (exact) mass is 433 g/mol. The Morgan fingerprint density at radius 3 is 2.67 bits per heavy atom. The number of aliphatic imine (C=N–C) groups is 1. The topological polar surface area (TPSA) is 79.6 Å². The molecule has 0 bridgehead atoms. The van der Waals surface area contributed by atoms with Gasteiger partial charge in [-0.05, 0) is 24.6 Å². The maximum absolute atomic E-state index is 6.10. The Morgan fingerprint density at radius 1 is 1.20 bits per heavy atom. The van der Waals surface area contributed by atoms with Crippen LogP contribution in [0.2, 0.25) is 5.02 Å². The second kappa shape index (κ2) is 11.9. The highest BCUT2D eigenvalue weighted by molar-refractivity contribution is 6.30. The number of nitrogens with one attached hydrogen (secondary N) is 2. The molecular weight excluding hydrogens is 402 g/mol. The highest BCUT2D eigenvalue weighted by atomic mass is 35.5. The Morgan fingerprint density at radius 2 is 1.97 bits per heavy atom. The van der Waals surface area contributed by atoms with Crippen molar-refractivity contribution in [2.45, 2.75) is 32.9 Å².